The third kappa shape index (κ3) is 5.81. The van der Waals surface area contributed by atoms with Gasteiger partial charge in [0.1, 0.15) is 0 Å². The van der Waals surface area contributed by atoms with Gasteiger partial charge in [0, 0.05) is 44.0 Å². The highest BCUT2D eigenvalue weighted by Gasteiger charge is 2.17. The molecule has 5 heteroatoms. The van der Waals surface area contributed by atoms with E-state index in [1.807, 2.05) is 39.2 Å². The minimum Gasteiger partial charge on any atom is -0.354 e. The fourth-order valence-corrected chi connectivity index (χ4v) is 1.92. The van der Waals surface area contributed by atoms with Gasteiger partial charge in [-0.2, -0.15) is 0 Å². The first-order chi connectivity index (χ1) is 9.02. The minimum atomic E-state index is 0.0407. The van der Waals surface area contributed by atoms with Crippen LogP contribution in [0.2, 0.25) is 0 Å². The molecule has 0 spiro atoms. The van der Waals surface area contributed by atoms with Crippen LogP contribution < -0.4 is 11.1 Å². The van der Waals surface area contributed by atoms with Crippen LogP contribution in [0.1, 0.15) is 25.8 Å². The highest BCUT2D eigenvalue weighted by atomic mass is 16.1. The Hall–Kier alpha value is -1.46. The van der Waals surface area contributed by atoms with E-state index < -0.39 is 0 Å². The molecule has 0 fully saturated rings. The van der Waals surface area contributed by atoms with Gasteiger partial charge in [-0.05, 0) is 32.5 Å². The number of carbonyl (C=O) groups is 1. The van der Waals surface area contributed by atoms with Crippen molar-refractivity contribution in [2.24, 2.45) is 5.73 Å². The molecule has 0 aliphatic heterocycles. The zero-order chi connectivity index (χ0) is 14.3. The molecule has 1 aromatic heterocycles. The largest absolute Gasteiger partial charge is 0.354 e. The Morgan fingerprint density at radius 2 is 2.26 bits per heavy atom. The summed E-state index contributed by atoms with van der Waals surface area (Å²) in [4.78, 5) is 18.0. The van der Waals surface area contributed by atoms with Crippen molar-refractivity contribution in [1.29, 1.82) is 0 Å². The Labute approximate surface area is 115 Å². The number of nitrogens with zero attached hydrogens (tertiary/aromatic N) is 2. The lowest BCUT2D eigenvalue weighted by molar-refractivity contribution is -0.122. The van der Waals surface area contributed by atoms with Crippen molar-refractivity contribution in [1.82, 2.24) is 15.2 Å². The van der Waals surface area contributed by atoms with E-state index in [4.69, 9.17) is 5.73 Å². The molecule has 0 saturated heterocycles. The van der Waals surface area contributed by atoms with Crippen molar-refractivity contribution in [2.75, 3.05) is 13.6 Å². The van der Waals surface area contributed by atoms with E-state index in [1.54, 1.807) is 6.20 Å². The quantitative estimate of drug-likeness (QED) is 0.762. The number of nitrogens with one attached hydrogen (secondary N) is 1. The topological polar surface area (TPSA) is 71.2 Å². The number of hydrogen-bond acceptors (Lipinski definition) is 4. The van der Waals surface area contributed by atoms with Gasteiger partial charge in [-0.25, -0.2) is 0 Å². The van der Waals surface area contributed by atoms with Crippen LogP contribution in [-0.4, -0.2) is 41.5 Å². The summed E-state index contributed by atoms with van der Waals surface area (Å²) < 4.78 is 0. The smallest absolute Gasteiger partial charge is 0.221 e. The number of likely N-dealkylation sites (N-methyl/N-ethyl adjacent to an activating group) is 1. The van der Waals surface area contributed by atoms with Gasteiger partial charge in [-0.3, -0.25) is 14.7 Å². The SMILES string of the molecule is CC(C)NC(=O)CC(CN)N(C)Cc1cccnc1. The summed E-state index contributed by atoms with van der Waals surface area (Å²) in [5.74, 6) is 0.0449. The fourth-order valence-electron chi connectivity index (χ4n) is 1.92. The summed E-state index contributed by atoms with van der Waals surface area (Å²) in [6.07, 6.45) is 4.00. The molecule has 0 aromatic carbocycles. The Kier molecular flexibility index (Phi) is 6.45. The van der Waals surface area contributed by atoms with E-state index in [1.165, 1.54) is 0 Å². The maximum Gasteiger partial charge on any atom is 0.221 e. The molecule has 5 nitrogen and oxygen atoms in total. The van der Waals surface area contributed by atoms with E-state index in [-0.39, 0.29) is 18.0 Å². The molecule has 1 rings (SSSR count). The lowest BCUT2D eigenvalue weighted by Crippen LogP contribution is -2.42. The second-order valence-corrected chi connectivity index (χ2v) is 5.09. The van der Waals surface area contributed by atoms with Gasteiger partial charge in [0.05, 0.1) is 0 Å². The van der Waals surface area contributed by atoms with Gasteiger partial charge < -0.3 is 11.1 Å². The zero-order valence-electron chi connectivity index (χ0n) is 12.0. The monoisotopic (exact) mass is 264 g/mol. The van der Waals surface area contributed by atoms with E-state index in [2.05, 4.69) is 15.2 Å². The van der Waals surface area contributed by atoms with E-state index in [0.717, 1.165) is 12.1 Å². The van der Waals surface area contributed by atoms with Crippen LogP contribution in [0.4, 0.5) is 0 Å². The molecule has 3 N–H and O–H groups in total. The average molecular weight is 264 g/mol. The molecule has 1 unspecified atom stereocenters. The Morgan fingerprint density at radius 1 is 1.53 bits per heavy atom. The summed E-state index contributed by atoms with van der Waals surface area (Å²) in [7, 11) is 1.98. The third-order valence-electron chi connectivity index (χ3n) is 2.92. The standard InChI is InChI=1S/C14H24N4O/c1-11(2)17-14(19)7-13(8-15)18(3)10-12-5-4-6-16-9-12/h4-6,9,11,13H,7-8,10,15H2,1-3H3,(H,17,19). The minimum absolute atomic E-state index is 0.0407. The van der Waals surface area contributed by atoms with Crippen molar-refractivity contribution in [3.05, 3.63) is 30.1 Å². The van der Waals surface area contributed by atoms with Gasteiger partial charge in [0.25, 0.3) is 0 Å². The molecule has 19 heavy (non-hydrogen) atoms. The fraction of sp³-hybridized carbons (Fsp3) is 0.571. The number of rotatable bonds is 7. The number of aromatic nitrogens is 1. The molecule has 0 aliphatic carbocycles. The van der Waals surface area contributed by atoms with Gasteiger partial charge in [-0.1, -0.05) is 6.07 Å². The predicted molar refractivity (Wildman–Crippen MR) is 76.4 cm³/mol. The molecule has 0 aliphatic rings. The summed E-state index contributed by atoms with van der Waals surface area (Å²) >= 11 is 0. The van der Waals surface area contributed by atoms with E-state index >= 15 is 0 Å². The summed E-state index contributed by atoms with van der Waals surface area (Å²) in [6.45, 7) is 5.11. The molecule has 0 bridgehead atoms. The van der Waals surface area contributed by atoms with Crippen LogP contribution in [0.15, 0.2) is 24.5 Å². The van der Waals surface area contributed by atoms with E-state index in [0.29, 0.717) is 13.0 Å². The highest BCUT2D eigenvalue weighted by Crippen LogP contribution is 2.07. The maximum atomic E-state index is 11.8. The van der Waals surface area contributed by atoms with Crippen molar-refractivity contribution in [2.45, 2.75) is 38.9 Å². The molecule has 1 heterocycles. The molecule has 0 radical (unpaired) electrons. The second kappa shape index (κ2) is 7.86. The number of nitrogens with two attached hydrogens (primary N) is 1. The Morgan fingerprint density at radius 3 is 2.79 bits per heavy atom. The van der Waals surface area contributed by atoms with Gasteiger partial charge in [0.2, 0.25) is 5.91 Å². The van der Waals surface area contributed by atoms with E-state index in [9.17, 15) is 4.79 Å². The number of pyridine rings is 1. The first-order valence-electron chi connectivity index (χ1n) is 6.61. The van der Waals surface area contributed by atoms with Crippen LogP contribution in [0.25, 0.3) is 0 Å². The van der Waals surface area contributed by atoms with Crippen molar-refractivity contribution in [3.63, 3.8) is 0 Å². The van der Waals surface area contributed by atoms with Gasteiger partial charge in [-0.15, -0.1) is 0 Å². The second-order valence-electron chi connectivity index (χ2n) is 5.09. The zero-order valence-corrected chi connectivity index (χ0v) is 12.0. The summed E-state index contributed by atoms with van der Waals surface area (Å²) in [5, 5.41) is 2.89. The Balaban J connectivity index is 2.52. The molecular formula is C14H24N4O. The molecule has 106 valence electrons. The van der Waals surface area contributed by atoms with Crippen LogP contribution in [0.5, 0.6) is 0 Å². The molecule has 1 aromatic rings. The first-order valence-corrected chi connectivity index (χ1v) is 6.61. The molecule has 1 amide bonds. The summed E-state index contributed by atoms with van der Waals surface area (Å²) in [5.41, 5.74) is 6.89. The molecule has 0 saturated carbocycles. The van der Waals surface area contributed by atoms with Crippen LogP contribution >= 0.6 is 0 Å². The Bertz CT molecular complexity index is 380. The van der Waals surface area contributed by atoms with Crippen molar-refractivity contribution < 1.29 is 4.79 Å². The first kappa shape index (κ1) is 15.6. The summed E-state index contributed by atoms with van der Waals surface area (Å²) in [6, 6.07) is 4.13. The molecule has 1 atom stereocenters. The maximum absolute atomic E-state index is 11.8. The van der Waals surface area contributed by atoms with Crippen LogP contribution in [0, 0.1) is 0 Å². The lowest BCUT2D eigenvalue weighted by Gasteiger charge is -2.26. The lowest BCUT2D eigenvalue weighted by atomic mass is 10.1. The average Bonchev–Trinajstić information content (AvgIpc) is 2.36. The number of carbonyl (C=O) groups excluding carboxylic acids is 1. The third-order valence-corrected chi connectivity index (χ3v) is 2.92. The van der Waals surface area contributed by atoms with Crippen molar-refractivity contribution in [3.8, 4) is 0 Å². The van der Waals surface area contributed by atoms with Crippen LogP contribution in [0.3, 0.4) is 0 Å². The predicted octanol–water partition coefficient (Wildman–Crippen LogP) is 0.755. The van der Waals surface area contributed by atoms with Gasteiger partial charge >= 0.3 is 0 Å². The number of amides is 1. The molecular weight excluding hydrogens is 240 g/mol. The normalized spacial score (nSPS) is 12.7. The number of hydrogen-bond donors (Lipinski definition) is 2. The highest BCUT2D eigenvalue weighted by molar-refractivity contribution is 5.76. The van der Waals surface area contributed by atoms with Crippen molar-refractivity contribution >= 4 is 5.91 Å². The van der Waals surface area contributed by atoms with Gasteiger partial charge in [0.15, 0.2) is 0 Å². The van der Waals surface area contributed by atoms with Crippen LogP contribution in [-0.2, 0) is 11.3 Å².